The van der Waals surface area contributed by atoms with Crippen LogP contribution < -0.4 is 14.5 Å². The first kappa shape index (κ1) is 30.6. The molecule has 5 heterocycles. The van der Waals surface area contributed by atoms with Crippen molar-refractivity contribution in [2.75, 3.05) is 56.2 Å². The van der Waals surface area contributed by atoms with Crippen molar-refractivity contribution in [3.8, 4) is 12.1 Å². The summed E-state index contributed by atoms with van der Waals surface area (Å²) in [6.07, 6.45) is 2.13. The minimum absolute atomic E-state index is 0.00138. The lowest BCUT2D eigenvalue weighted by Gasteiger charge is -2.42. The first-order valence-corrected chi connectivity index (χ1v) is 15.0. The maximum Gasteiger partial charge on any atom is 0.318 e. The molecular formula is C31H36F3N9O2. The molecule has 238 valence electrons. The number of carbonyl (C=O) groups is 1. The van der Waals surface area contributed by atoms with Gasteiger partial charge in [-0.2, -0.15) is 20.3 Å². The van der Waals surface area contributed by atoms with Gasteiger partial charge < -0.3 is 19.4 Å². The van der Waals surface area contributed by atoms with Gasteiger partial charge in [-0.1, -0.05) is 6.58 Å². The van der Waals surface area contributed by atoms with Crippen LogP contribution in [0.15, 0.2) is 24.7 Å². The van der Waals surface area contributed by atoms with Crippen LogP contribution in [0.1, 0.15) is 35.2 Å². The predicted molar refractivity (Wildman–Crippen MR) is 162 cm³/mol. The van der Waals surface area contributed by atoms with Gasteiger partial charge in [0.25, 0.3) is 11.8 Å². The molecule has 2 saturated heterocycles. The largest absolute Gasteiger partial charge is 0.462 e. The molecule has 14 heteroatoms. The molecule has 45 heavy (non-hydrogen) atoms. The summed E-state index contributed by atoms with van der Waals surface area (Å²) in [6.45, 7) is 8.87. The van der Waals surface area contributed by atoms with Crippen LogP contribution in [-0.4, -0.2) is 100 Å². The first-order valence-electron chi connectivity index (χ1n) is 15.0. The molecule has 0 spiro atoms. The Kier molecular flexibility index (Phi) is 8.07. The number of nitrogens with one attached hydrogen (secondary N) is 1. The Morgan fingerprint density at radius 3 is 2.73 bits per heavy atom. The van der Waals surface area contributed by atoms with Crippen LogP contribution in [0.3, 0.4) is 0 Å². The molecule has 2 fully saturated rings. The number of halogens is 3. The Balaban J connectivity index is 1.34. The fourth-order valence-corrected chi connectivity index (χ4v) is 6.79. The summed E-state index contributed by atoms with van der Waals surface area (Å²) < 4.78 is 48.0. The molecule has 3 aliphatic heterocycles. The molecule has 0 bridgehead atoms. The molecule has 1 amide bonds. The van der Waals surface area contributed by atoms with Crippen LogP contribution in [0.5, 0.6) is 6.01 Å². The van der Waals surface area contributed by atoms with E-state index < -0.39 is 29.7 Å². The van der Waals surface area contributed by atoms with Crippen LogP contribution in [0, 0.1) is 25.2 Å². The number of carbonyl (C=O) groups excluding carboxylic acids is 1. The van der Waals surface area contributed by atoms with Gasteiger partial charge in [-0.25, -0.2) is 13.2 Å². The number of rotatable bonds is 7. The zero-order chi connectivity index (χ0) is 32.0. The Hall–Kier alpha value is -4.38. The molecule has 1 aromatic carbocycles. The van der Waals surface area contributed by atoms with Crippen molar-refractivity contribution in [1.82, 2.24) is 30.0 Å². The fourth-order valence-electron chi connectivity index (χ4n) is 6.79. The van der Waals surface area contributed by atoms with E-state index >= 15 is 0 Å². The van der Waals surface area contributed by atoms with E-state index in [0.29, 0.717) is 31.9 Å². The Bertz CT molecular complexity index is 1690. The first-order chi connectivity index (χ1) is 21.5. The number of hydrogen-bond acceptors (Lipinski definition) is 9. The summed E-state index contributed by atoms with van der Waals surface area (Å²) in [7, 11) is 1.65. The number of amides is 1. The highest BCUT2D eigenvalue weighted by molar-refractivity contribution is 5.94. The molecule has 0 saturated carbocycles. The zero-order valence-corrected chi connectivity index (χ0v) is 25.6. The Labute approximate surface area is 259 Å². The zero-order valence-electron chi connectivity index (χ0n) is 25.6. The summed E-state index contributed by atoms with van der Waals surface area (Å²) in [5.41, 5.74) is 5.94. The second kappa shape index (κ2) is 11.8. The van der Waals surface area contributed by atoms with Crippen molar-refractivity contribution in [2.45, 2.75) is 57.7 Å². The predicted octanol–water partition coefficient (Wildman–Crippen LogP) is 3.66. The Morgan fingerprint density at radius 2 is 2.02 bits per heavy atom. The van der Waals surface area contributed by atoms with E-state index in [9.17, 15) is 23.2 Å². The number of aromatic nitrogens is 4. The number of hydrogen-bond donors (Lipinski definition) is 1. The van der Waals surface area contributed by atoms with Gasteiger partial charge in [0.05, 0.1) is 54.7 Å². The second-order valence-electron chi connectivity index (χ2n) is 12.2. The summed E-state index contributed by atoms with van der Waals surface area (Å²) in [6, 6.07) is 3.20. The van der Waals surface area contributed by atoms with Crippen molar-refractivity contribution in [3.63, 3.8) is 0 Å². The summed E-state index contributed by atoms with van der Waals surface area (Å²) in [4.78, 5) is 29.3. The molecule has 0 radical (unpaired) electrons. The summed E-state index contributed by atoms with van der Waals surface area (Å²) in [5.74, 6) is -4.06. The fraction of sp³-hybridized carbons (Fsp3) is 0.516. The normalized spacial score (nSPS) is 21.6. The summed E-state index contributed by atoms with van der Waals surface area (Å²) in [5, 5.41) is 17.8. The minimum Gasteiger partial charge on any atom is -0.462 e. The lowest BCUT2D eigenvalue weighted by Crippen LogP contribution is -2.55. The molecule has 6 rings (SSSR count). The van der Waals surface area contributed by atoms with Crippen molar-refractivity contribution in [3.05, 3.63) is 47.1 Å². The monoisotopic (exact) mass is 623 g/mol. The molecule has 3 aromatic rings. The third-order valence-corrected chi connectivity index (χ3v) is 9.22. The number of nitriles is 1. The number of anilines is 2. The molecule has 3 aliphatic rings. The van der Waals surface area contributed by atoms with Crippen LogP contribution in [0.4, 0.5) is 24.7 Å². The van der Waals surface area contributed by atoms with Gasteiger partial charge in [-0.3, -0.25) is 14.8 Å². The van der Waals surface area contributed by atoms with Gasteiger partial charge in [0.15, 0.2) is 5.83 Å². The number of likely N-dealkylation sites (N-methyl/N-ethyl adjacent to an activating group) is 1. The maximum absolute atomic E-state index is 14.1. The van der Waals surface area contributed by atoms with Gasteiger partial charge >= 0.3 is 6.01 Å². The molecule has 1 N–H and O–H groups in total. The van der Waals surface area contributed by atoms with Gasteiger partial charge in [-0.15, -0.1) is 0 Å². The van der Waals surface area contributed by atoms with Crippen molar-refractivity contribution >= 4 is 28.3 Å². The molecular weight excluding hydrogens is 587 g/mol. The quantitative estimate of drug-likeness (QED) is 0.394. The minimum atomic E-state index is -2.78. The molecule has 2 atom stereocenters. The number of fused-ring (bicyclic) bond motifs is 2. The SMILES string of the molecule is C=C(F)C(=O)N1CCN(c2nc(OC[C@@H]3CC(F)(F)CN3C)nc3c2CCN(c2c(C)c(C)cc4[nH]ncc24)C3)CC1CC#N. The van der Waals surface area contributed by atoms with E-state index in [2.05, 4.69) is 47.7 Å². The number of aromatic amines is 1. The number of piperazine rings is 1. The number of aryl methyl sites for hydroxylation is 1. The lowest BCUT2D eigenvalue weighted by atomic mass is 9.99. The molecule has 0 aliphatic carbocycles. The number of likely N-dealkylation sites (tertiary alicyclic amines) is 1. The van der Waals surface area contributed by atoms with Gasteiger partial charge in [0.1, 0.15) is 12.4 Å². The number of ether oxygens (including phenoxy) is 1. The topological polar surface area (TPSA) is 118 Å². The van der Waals surface area contributed by atoms with E-state index in [1.165, 1.54) is 4.90 Å². The number of H-pyrrole nitrogens is 1. The van der Waals surface area contributed by atoms with E-state index in [1.807, 2.05) is 11.1 Å². The summed E-state index contributed by atoms with van der Waals surface area (Å²) >= 11 is 0. The van der Waals surface area contributed by atoms with Gasteiger partial charge in [0, 0.05) is 49.6 Å². The van der Waals surface area contributed by atoms with Crippen molar-refractivity contribution in [2.24, 2.45) is 0 Å². The Morgan fingerprint density at radius 1 is 1.22 bits per heavy atom. The van der Waals surface area contributed by atoms with Crippen LogP contribution in [0.2, 0.25) is 0 Å². The third-order valence-electron chi connectivity index (χ3n) is 9.22. The van der Waals surface area contributed by atoms with E-state index in [1.54, 1.807) is 11.9 Å². The maximum atomic E-state index is 14.1. The average molecular weight is 624 g/mol. The van der Waals surface area contributed by atoms with Gasteiger partial charge in [0.2, 0.25) is 0 Å². The number of alkyl halides is 2. The van der Waals surface area contributed by atoms with E-state index in [0.717, 1.165) is 39.0 Å². The third kappa shape index (κ3) is 5.88. The van der Waals surface area contributed by atoms with Crippen LogP contribution in [-0.2, 0) is 17.8 Å². The van der Waals surface area contributed by atoms with Crippen LogP contribution in [0.25, 0.3) is 10.9 Å². The standard InChI is InChI=1S/C31H36F3N9O2/c1-18-11-25-24(13-36-39-25)27(19(18)2)41-8-6-23-26(15-41)37-30(45-16-22-12-31(33,34)17-40(22)4)38-28(23)42-9-10-43(29(44)20(3)32)21(14-42)5-7-35/h11,13,21-22H,3,5-6,8-10,12,14-17H2,1-2,4H3,(H,36,39)/t21?,22-/m0/s1. The highest BCUT2D eigenvalue weighted by Crippen LogP contribution is 2.38. The lowest BCUT2D eigenvalue weighted by molar-refractivity contribution is -0.131. The number of nitrogens with zero attached hydrogens (tertiary/aromatic N) is 8. The van der Waals surface area contributed by atoms with Crippen LogP contribution >= 0.6 is 0 Å². The number of benzene rings is 1. The molecule has 2 aromatic heterocycles. The molecule has 11 nitrogen and oxygen atoms in total. The van der Waals surface area contributed by atoms with Gasteiger partial charge in [-0.05, 0) is 44.5 Å². The smallest absolute Gasteiger partial charge is 0.318 e. The van der Waals surface area contributed by atoms with Crippen molar-refractivity contribution in [1.29, 1.82) is 5.26 Å². The highest BCUT2D eigenvalue weighted by atomic mass is 19.3. The highest BCUT2D eigenvalue weighted by Gasteiger charge is 2.43. The van der Waals surface area contributed by atoms with Crippen molar-refractivity contribution < 1.29 is 22.7 Å². The van der Waals surface area contributed by atoms with E-state index in [4.69, 9.17) is 14.7 Å². The average Bonchev–Trinajstić information content (AvgIpc) is 3.57. The van der Waals surface area contributed by atoms with E-state index in [-0.39, 0.29) is 45.1 Å². The molecule has 1 unspecified atom stereocenters. The second-order valence-corrected chi connectivity index (χ2v) is 12.2.